The highest BCUT2D eigenvalue weighted by Gasteiger charge is 2.00. The minimum absolute atomic E-state index is 0.493. The molecule has 0 saturated heterocycles. The average molecular weight is 264 g/mol. The van der Waals surface area contributed by atoms with Crippen LogP contribution in [0.25, 0.3) is 0 Å². The topological polar surface area (TPSA) is 65.1 Å². The molecule has 2 aromatic rings. The molecule has 104 valence electrons. The second kappa shape index (κ2) is 7.70. The molecule has 0 bridgehead atoms. The van der Waals surface area contributed by atoms with E-state index in [1.807, 2.05) is 18.3 Å². The summed E-state index contributed by atoms with van der Waals surface area (Å²) < 4.78 is 12.5. The van der Waals surface area contributed by atoms with Crippen molar-refractivity contribution in [2.45, 2.75) is 33.0 Å². The van der Waals surface area contributed by atoms with Gasteiger partial charge < -0.3 is 14.5 Å². The van der Waals surface area contributed by atoms with Crippen LogP contribution in [-0.4, -0.2) is 28.1 Å². The van der Waals surface area contributed by atoms with Crippen LogP contribution in [0.1, 0.15) is 24.8 Å². The van der Waals surface area contributed by atoms with Gasteiger partial charge in [0, 0.05) is 12.7 Å². The van der Waals surface area contributed by atoms with Gasteiger partial charge in [0.2, 0.25) is 0 Å². The lowest BCUT2D eigenvalue weighted by molar-refractivity contribution is 0.0967. The van der Waals surface area contributed by atoms with Crippen LogP contribution in [0.5, 0.6) is 0 Å². The Labute approximate surface area is 112 Å². The van der Waals surface area contributed by atoms with Gasteiger partial charge in [0.05, 0.1) is 25.1 Å². The summed E-state index contributed by atoms with van der Waals surface area (Å²) >= 11 is 0. The molecule has 0 amide bonds. The monoisotopic (exact) mass is 264 g/mol. The SMILES string of the molecule is CCCNCc1cn(CCOCc2ccco2)nn1. The van der Waals surface area contributed by atoms with Gasteiger partial charge in [-0.1, -0.05) is 12.1 Å². The fraction of sp³-hybridized carbons (Fsp3) is 0.538. The Balaban J connectivity index is 1.63. The Hall–Kier alpha value is -1.66. The molecule has 2 aromatic heterocycles. The number of hydrogen-bond acceptors (Lipinski definition) is 5. The summed E-state index contributed by atoms with van der Waals surface area (Å²) in [6.07, 6.45) is 4.71. The van der Waals surface area contributed by atoms with Crippen molar-refractivity contribution in [2.75, 3.05) is 13.2 Å². The van der Waals surface area contributed by atoms with Crippen LogP contribution >= 0.6 is 0 Å². The first-order valence-corrected chi connectivity index (χ1v) is 6.58. The van der Waals surface area contributed by atoms with Crippen LogP contribution in [0, 0.1) is 0 Å². The number of furan rings is 1. The third-order valence-corrected chi connectivity index (χ3v) is 2.61. The van der Waals surface area contributed by atoms with Crippen LogP contribution in [0.15, 0.2) is 29.0 Å². The van der Waals surface area contributed by atoms with Gasteiger partial charge in [0.25, 0.3) is 0 Å². The lowest BCUT2D eigenvalue weighted by atomic mass is 10.4. The molecule has 0 unspecified atom stereocenters. The quantitative estimate of drug-likeness (QED) is 0.697. The highest BCUT2D eigenvalue weighted by atomic mass is 16.5. The van der Waals surface area contributed by atoms with Gasteiger partial charge in [-0.25, -0.2) is 4.68 Å². The molecule has 0 aliphatic carbocycles. The number of nitrogens with one attached hydrogen (secondary N) is 1. The van der Waals surface area contributed by atoms with E-state index in [0.29, 0.717) is 19.8 Å². The normalized spacial score (nSPS) is 11.0. The van der Waals surface area contributed by atoms with Crippen LogP contribution in [0.4, 0.5) is 0 Å². The number of ether oxygens (including phenoxy) is 1. The van der Waals surface area contributed by atoms with Gasteiger partial charge in [0.15, 0.2) is 0 Å². The van der Waals surface area contributed by atoms with E-state index in [-0.39, 0.29) is 0 Å². The van der Waals surface area contributed by atoms with Crippen molar-refractivity contribution in [3.05, 3.63) is 36.0 Å². The van der Waals surface area contributed by atoms with Crippen molar-refractivity contribution in [2.24, 2.45) is 0 Å². The first-order chi connectivity index (χ1) is 9.38. The van der Waals surface area contributed by atoms with Gasteiger partial charge in [-0.2, -0.15) is 0 Å². The molecule has 1 N–H and O–H groups in total. The summed E-state index contributed by atoms with van der Waals surface area (Å²) in [5.41, 5.74) is 0.958. The first-order valence-electron chi connectivity index (χ1n) is 6.58. The predicted molar refractivity (Wildman–Crippen MR) is 70.4 cm³/mol. The maximum absolute atomic E-state index is 5.49. The standard InChI is InChI=1S/C13H20N4O2/c1-2-5-14-9-12-10-17(16-15-12)6-8-18-11-13-4-3-7-19-13/h3-4,7,10,14H,2,5-6,8-9,11H2,1H3. The Kier molecular flexibility index (Phi) is 5.58. The molecule has 0 saturated carbocycles. The van der Waals surface area contributed by atoms with E-state index < -0.39 is 0 Å². The second-order valence-electron chi connectivity index (χ2n) is 4.28. The Morgan fingerprint density at radius 2 is 2.42 bits per heavy atom. The molecule has 0 aliphatic rings. The van der Waals surface area contributed by atoms with Crippen molar-refractivity contribution in [1.29, 1.82) is 0 Å². The molecule has 0 atom stereocenters. The third kappa shape index (κ3) is 4.84. The first kappa shape index (κ1) is 13.8. The summed E-state index contributed by atoms with van der Waals surface area (Å²) in [6, 6.07) is 3.75. The van der Waals surface area contributed by atoms with Crippen molar-refractivity contribution < 1.29 is 9.15 Å². The van der Waals surface area contributed by atoms with E-state index >= 15 is 0 Å². The lowest BCUT2D eigenvalue weighted by Gasteiger charge is -2.01. The van der Waals surface area contributed by atoms with Crippen LogP contribution in [0.3, 0.4) is 0 Å². The Morgan fingerprint density at radius 1 is 1.47 bits per heavy atom. The lowest BCUT2D eigenvalue weighted by Crippen LogP contribution is -2.14. The molecular formula is C13H20N4O2. The third-order valence-electron chi connectivity index (χ3n) is 2.61. The zero-order chi connectivity index (χ0) is 13.3. The molecule has 6 nitrogen and oxygen atoms in total. The molecular weight excluding hydrogens is 244 g/mol. The fourth-order valence-corrected chi connectivity index (χ4v) is 1.65. The fourth-order valence-electron chi connectivity index (χ4n) is 1.65. The van der Waals surface area contributed by atoms with E-state index in [4.69, 9.17) is 9.15 Å². The Bertz CT molecular complexity index is 453. The van der Waals surface area contributed by atoms with Crippen molar-refractivity contribution in [3.8, 4) is 0 Å². The van der Waals surface area contributed by atoms with Crippen molar-refractivity contribution in [1.82, 2.24) is 20.3 Å². The van der Waals surface area contributed by atoms with E-state index in [2.05, 4.69) is 22.6 Å². The summed E-state index contributed by atoms with van der Waals surface area (Å²) in [5.74, 6) is 0.836. The van der Waals surface area contributed by atoms with Gasteiger partial charge in [-0.15, -0.1) is 5.10 Å². The van der Waals surface area contributed by atoms with E-state index in [9.17, 15) is 0 Å². The molecule has 6 heteroatoms. The second-order valence-corrected chi connectivity index (χ2v) is 4.28. The molecule has 19 heavy (non-hydrogen) atoms. The molecule has 2 rings (SSSR count). The van der Waals surface area contributed by atoms with Crippen molar-refractivity contribution >= 4 is 0 Å². The van der Waals surface area contributed by atoms with Crippen LogP contribution in [-0.2, 0) is 24.4 Å². The average Bonchev–Trinajstić information content (AvgIpc) is 3.06. The zero-order valence-corrected chi connectivity index (χ0v) is 11.2. The van der Waals surface area contributed by atoms with Gasteiger partial charge in [0.1, 0.15) is 12.4 Å². The molecule has 0 aromatic carbocycles. The van der Waals surface area contributed by atoms with Gasteiger partial charge in [-0.05, 0) is 25.1 Å². The largest absolute Gasteiger partial charge is 0.467 e. The highest BCUT2D eigenvalue weighted by molar-refractivity contribution is 4.96. The van der Waals surface area contributed by atoms with Gasteiger partial charge in [-0.3, -0.25) is 0 Å². The molecule has 0 radical (unpaired) electrons. The summed E-state index contributed by atoms with van der Waals surface area (Å²) in [5, 5.41) is 11.4. The maximum Gasteiger partial charge on any atom is 0.129 e. The minimum Gasteiger partial charge on any atom is -0.467 e. The maximum atomic E-state index is 5.49. The summed E-state index contributed by atoms with van der Waals surface area (Å²) in [7, 11) is 0. The Morgan fingerprint density at radius 3 is 3.21 bits per heavy atom. The molecule has 2 heterocycles. The number of rotatable bonds is 9. The smallest absolute Gasteiger partial charge is 0.129 e. The highest BCUT2D eigenvalue weighted by Crippen LogP contribution is 2.01. The molecule has 0 aliphatic heterocycles. The molecule has 0 fully saturated rings. The van der Waals surface area contributed by atoms with Crippen molar-refractivity contribution in [3.63, 3.8) is 0 Å². The summed E-state index contributed by atoms with van der Waals surface area (Å²) in [6.45, 7) is 5.68. The number of hydrogen-bond donors (Lipinski definition) is 1. The summed E-state index contributed by atoms with van der Waals surface area (Å²) in [4.78, 5) is 0. The number of nitrogens with zero attached hydrogens (tertiary/aromatic N) is 3. The van der Waals surface area contributed by atoms with E-state index in [1.54, 1.807) is 10.9 Å². The molecule has 0 spiro atoms. The minimum atomic E-state index is 0.493. The van der Waals surface area contributed by atoms with Gasteiger partial charge >= 0.3 is 0 Å². The van der Waals surface area contributed by atoms with Crippen LogP contribution in [0.2, 0.25) is 0 Å². The number of aromatic nitrogens is 3. The van der Waals surface area contributed by atoms with E-state index in [1.165, 1.54) is 0 Å². The van der Waals surface area contributed by atoms with Crippen LogP contribution < -0.4 is 5.32 Å². The van der Waals surface area contributed by atoms with E-state index in [0.717, 1.165) is 31.0 Å². The predicted octanol–water partition coefficient (Wildman–Crippen LogP) is 1.59. The zero-order valence-electron chi connectivity index (χ0n) is 11.2.